The fourth-order valence-electron chi connectivity index (χ4n) is 2.34. The Morgan fingerprint density at radius 1 is 1.17 bits per heavy atom. The number of hydrogen-bond donors (Lipinski definition) is 2. The highest BCUT2D eigenvalue weighted by atomic mass is 35.5. The van der Waals surface area contributed by atoms with Crippen molar-refractivity contribution < 1.29 is 31.9 Å². The standard InChI is InChI=1S/C18H16ClF4N3O3/c1-8-6-10(4-5-12(8)20)25-16(28)13-7-11(15(19)26(13)3)14(27)17(29)24-9(2)18(21,22)23/h4-7,9H,1-3H3,(H,24,29)(H,25,28)/t9-/m0/s1. The summed E-state index contributed by atoms with van der Waals surface area (Å²) < 4.78 is 52.1. The van der Waals surface area contributed by atoms with E-state index in [0.717, 1.165) is 16.7 Å². The van der Waals surface area contributed by atoms with Crippen LogP contribution in [0.3, 0.4) is 0 Å². The van der Waals surface area contributed by atoms with E-state index in [-0.39, 0.29) is 16.5 Å². The van der Waals surface area contributed by atoms with Gasteiger partial charge in [0.2, 0.25) is 0 Å². The second-order valence-corrected chi connectivity index (χ2v) is 6.64. The lowest BCUT2D eigenvalue weighted by molar-refractivity contribution is -0.156. The molecule has 1 aromatic heterocycles. The van der Waals surface area contributed by atoms with E-state index in [1.165, 1.54) is 31.4 Å². The molecule has 156 valence electrons. The average molecular weight is 434 g/mol. The first kappa shape index (κ1) is 22.4. The molecule has 0 aliphatic carbocycles. The summed E-state index contributed by atoms with van der Waals surface area (Å²) in [7, 11) is 1.33. The number of halogens is 5. The number of nitrogens with zero attached hydrogens (tertiary/aromatic N) is 1. The zero-order valence-corrected chi connectivity index (χ0v) is 16.2. The highest BCUT2D eigenvalue weighted by molar-refractivity contribution is 6.47. The van der Waals surface area contributed by atoms with E-state index >= 15 is 0 Å². The summed E-state index contributed by atoms with van der Waals surface area (Å²) in [5.74, 6) is -4.01. The van der Waals surface area contributed by atoms with E-state index in [0.29, 0.717) is 12.5 Å². The van der Waals surface area contributed by atoms with Gasteiger partial charge in [0.05, 0.1) is 5.56 Å². The summed E-state index contributed by atoms with van der Waals surface area (Å²) >= 11 is 5.98. The molecule has 0 fully saturated rings. The van der Waals surface area contributed by atoms with E-state index in [9.17, 15) is 31.9 Å². The first-order valence-corrected chi connectivity index (χ1v) is 8.55. The number of Topliss-reactive ketones (excluding diaryl/α,β-unsaturated/α-hetero) is 1. The quantitative estimate of drug-likeness (QED) is 0.429. The van der Waals surface area contributed by atoms with Gasteiger partial charge >= 0.3 is 6.18 Å². The van der Waals surface area contributed by atoms with Crippen molar-refractivity contribution in [3.63, 3.8) is 0 Å². The minimum atomic E-state index is -4.73. The third-order valence-corrected chi connectivity index (χ3v) is 4.55. The number of amides is 2. The maximum Gasteiger partial charge on any atom is 0.408 e. The predicted octanol–water partition coefficient (Wildman–Crippen LogP) is 3.63. The fourth-order valence-corrected chi connectivity index (χ4v) is 2.57. The number of aryl methyl sites for hydroxylation is 1. The summed E-state index contributed by atoms with van der Waals surface area (Å²) in [6.07, 6.45) is -4.73. The molecule has 2 aromatic rings. The molecule has 2 amide bonds. The number of benzene rings is 1. The Balaban J connectivity index is 2.24. The molecular formula is C18H16ClF4N3O3. The van der Waals surface area contributed by atoms with Crippen LogP contribution in [0.5, 0.6) is 0 Å². The molecule has 0 bridgehead atoms. The van der Waals surface area contributed by atoms with Crippen molar-refractivity contribution in [1.29, 1.82) is 0 Å². The summed E-state index contributed by atoms with van der Waals surface area (Å²) in [6, 6.07) is 2.61. The topological polar surface area (TPSA) is 80.2 Å². The zero-order valence-electron chi connectivity index (χ0n) is 15.4. The highest BCUT2D eigenvalue weighted by Gasteiger charge is 2.38. The number of ketones is 1. The minimum absolute atomic E-state index is 0.128. The molecule has 0 spiro atoms. The third kappa shape index (κ3) is 4.94. The van der Waals surface area contributed by atoms with Gasteiger partial charge in [0.25, 0.3) is 17.6 Å². The van der Waals surface area contributed by atoms with Gasteiger partial charge in [-0.3, -0.25) is 14.4 Å². The van der Waals surface area contributed by atoms with Crippen molar-refractivity contribution in [2.75, 3.05) is 5.32 Å². The first-order valence-electron chi connectivity index (χ1n) is 8.17. The number of carbonyl (C=O) groups excluding carboxylic acids is 3. The average Bonchev–Trinajstić information content (AvgIpc) is 2.92. The minimum Gasteiger partial charge on any atom is -0.338 e. The maximum absolute atomic E-state index is 13.3. The zero-order chi connectivity index (χ0) is 22.1. The van der Waals surface area contributed by atoms with Crippen molar-refractivity contribution >= 4 is 34.9 Å². The molecule has 1 heterocycles. The summed E-state index contributed by atoms with van der Waals surface area (Å²) in [5.41, 5.74) is 0.00774. The van der Waals surface area contributed by atoms with E-state index in [1.807, 2.05) is 0 Å². The van der Waals surface area contributed by atoms with Crippen LogP contribution in [-0.2, 0) is 11.8 Å². The van der Waals surface area contributed by atoms with Gasteiger partial charge in [0, 0.05) is 12.7 Å². The Labute approximate surface area is 167 Å². The van der Waals surface area contributed by atoms with Gasteiger partial charge in [-0.15, -0.1) is 0 Å². The maximum atomic E-state index is 13.3. The smallest absolute Gasteiger partial charge is 0.338 e. The number of rotatable bonds is 5. The van der Waals surface area contributed by atoms with Crippen LogP contribution in [-0.4, -0.2) is 34.4 Å². The number of anilines is 1. The Bertz CT molecular complexity index is 985. The molecule has 29 heavy (non-hydrogen) atoms. The highest BCUT2D eigenvalue weighted by Crippen LogP contribution is 2.24. The molecule has 1 atom stereocenters. The van der Waals surface area contributed by atoms with Crippen molar-refractivity contribution in [2.45, 2.75) is 26.1 Å². The molecule has 0 aliphatic rings. The van der Waals surface area contributed by atoms with E-state index in [2.05, 4.69) is 5.32 Å². The molecule has 0 radical (unpaired) electrons. The van der Waals surface area contributed by atoms with Crippen LogP contribution in [0, 0.1) is 12.7 Å². The second-order valence-electron chi connectivity index (χ2n) is 6.28. The van der Waals surface area contributed by atoms with Gasteiger partial charge in [0.1, 0.15) is 22.7 Å². The Kier molecular flexibility index (Phi) is 6.37. The monoisotopic (exact) mass is 433 g/mol. The van der Waals surface area contributed by atoms with Crippen LogP contribution in [0.25, 0.3) is 0 Å². The van der Waals surface area contributed by atoms with Crippen molar-refractivity contribution in [2.24, 2.45) is 7.05 Å². The molecule has 2 N–H and O–H groups in total. The SMILES string of the molecule is Cc1cc(NC(=O)c2cc(C(=O)C(=O)N[C@@H](C)C(F)(F)F)c(Cl)n2C)ccc1F. The molecule has 0 aliphatic heterocycles. The van der Waals surface area contributed by atoms with Gasteiger partial charge in [-0.25, -0.2) is 4.39 Å². The molecular weight excluding hydrogens is 418 g/mol. The normalized spacial score (nSPS) is 12.4. The van der Waals surface area contributed by atoms with Gasteiger partial charge in [-0.2, -0.15) is 13.2 Å². The van der Waals surface area contributed by atoms with Crippen molar-refractivity contribution in [1.82, 2.24) is 9.88 Å². The van der Waals surface area contributed by atoms with Crippen LogP contribution in [0.4, 0.5) is 23.2 Å². The van der Waals surface area contributed by atoms with Crippen LogP contribution in [0.2, 0.25) is 5.15 Å². The number of hydrogen-bond acceptors (Lipinski definition) is 3. The van der Waals surface area contributed by atoms with Gasteiger partial charge < -0.3 is 15.2 Å². The molecule has 11 heteroatoms. The lowest BCUT2D eigenvalue weighted by atomic mass is 10.1. The van der Waals surface area contributed by atoms with Crippen LogP contribution in [0.1, 0.15) is 33.3 Å². The lowest BCUT2D eigenvalue weighted by Crippen LogP contribution is -2.45. The predicted molar refractivity (Wildman–Crippen MR) is 97.5 cm³/mol. The summed E-state index contributed by atoms with van der Waals surface area (Å²) in [4.78, 5) is 36.5. The largest absolute Gasteiger partial charge is 0.408 e. The molecule has 1 aromatic carbocycles. The number of alkyl halides is 3. The molecule has 0 saturated heterocycles. The number of nitrogens with one attached hydrogen (secondary N) is 2. The van der Waals surface area contributed by atoms with E-state index < -0.39 is 41.2 Å². The van der Waals surface area contributed by atoms with Gasteiger partial charge in [-0.05, 0) is 43.7 Å². The van der Waals surface area contributed by atoms with Gasteiger partial charge in [0.15, 0.2) is 0 Å². The van der Waals surface area contributed by atoms with Crippen LogP contribution < -0.4 is 10.6 Å². The van der Waals surface area contributed by atoms with Crippen molar-refractivity contribution in [3.8, 4) is 0 Å². The number of aromatic nitrogens is 1. The molecule has 6 nitrogen and oxygen atoms in total. The Morgan fingerprint density at radius 2 is 1.79 bits per heavy atom. The number of carbonyl (C=O) groups is 3. The Morgan fingerprint density at radius 3 is 2.34 bits per heavy atom. The van der Waals surface area contributed by atoms with E-state index in [1.54, 1.807) is 0 Å². The third-order valence-electron chi connectivity index (χ3n) is 4.10. The molecule has 0 saturated carbocycles. The van der Waals surface area contributed by atoms with Crippen LogP contribution >= 0.6 is 11.6 Å². The van der Waals surface area contributed by atoms with Crippen molar-refractivity contribution in [3.05, 3.63) is 52.1 Å². The lowest BCUT2D eigenvalue weighted by Gasteiger charge is -2.16. The molecule has 2 rings (SSSR count). The van der Waals surface area contributed by atoms with Crippen LogP contribution in [0.15, 0.2) is 24.3 Å². The van der Waals surface area contributed by atoms with E-state index in [4.69, 9.17) is 11.6 Å². The Hall–Kier alpha value is -2.88. The second kappa shape index (κ2) is 8.24. The first-order chi connectivity index (χ1) is 13.3. The van der Waals surface area contributed by atoms with Gasteiger partial charge in [-0.1, -0.05) is 11.6 Å². The summed E-state index contributed by atoms with van der Waals surface area (Å²) in [6.45, 7) is 2.18. The molecule has 0 unspecified atom stereocenters. The fraction of sp³-hybridized carbons (Fsp3) is 0.278. The summed E-state index contributed by atoms with van der Waals surface area (Å²) in [5, 5.41) is 3.72.